The first-order chi connectivity index (χ1) is 16.3. The summed E-state index contributed by atoms with van der Waals surface area (Å²) in [6.07, 6.45) is 4.23. The molecule has 1 saturated heterocycles. The number of hydrogen-bond acceptors (Lipinski definition) is 8. The maximum absolute atomic E-state index is 13.0. The van der Waals surface area contributed by atoms with E-state index in [1.165, 1.54) is 4.31 Å². The number of nitrogens with one attached hydrogen (secondary N) is 1. The number of aryl methyl sites for hydroxylation is 1. The van der Waals surface area contributed by atoms with E-state index in [0.717, 1.165) is 56.5 Å². The van der Waals surface area contributed by atoms with E-state index in [0.29, 0.717) is 18.2 Å². The summed E-state index contributed by atoms with van der Waals surface area (Å²) in [5.41, 5.74) is 2.34. The maximum Gasteiger partial charge on any atom is 0.242 e. The normalized spacial score (nSPS) is 15.1. The molecule has 4 rings (SSSR count). The van der Waals surface area contributed by atoms with Crippen LogP contribution in [0.2, 0.25) is 0 Å². The zero-order valence-corrected chi connectivity index (χ0v) is 20.6. The minimum absolute atomic E-state index is 0.256. The molecule has 1 aliphatic heterocycles. The van der Waals surface area contributed by atoms with E-state index in [4.69, 9.17) is 4.74 Å². The van der Waals surface area contributed by atoms with E-state index in [2.05, 4.69) is 25.2 Å². The fourth-order valence-corrected chi connectivity index (χ4v) is 4.99. The van der Waals surface area contributed by atoms with Gasteiger partial charge < -0.3 is 14.6 Å². The minimum atomic E-state index is -3.56. The van der Waals surface area contributed by atoms with Crippen LogP contribution in [-0.4, -0.2) is 83.6 Å². The summed E-state index contributed by atoms with van der Waals surface area (Å²) in [6, 6.07) is 8.47. The van der Waals surface area contributed by atoms with Crippen LogP contribution in [0.4, 0.5) is 11.6 Å². The first-order valence-electron chi connectivity index (χ1n) is 11.3. The number of anilines is 2. The zero-order chi connectivity index (χ0) is 24.1. The molecule has 0 atom stereocenters. The smallest absolute Gasteiger partial charge is 0.242 e. The van der Waals surface area contributed by atoms with Crippen molar-refractivity contribution in [3.05, 3.63) is 48.5 Å². The van der Waals surface area contributed by atoms with Crippen LogP contribution in [0.1, 0.15) is 12.2 Å². The monoisotopic (exact) mass is 485 g/mol. The highest BCUT2D eigenvalue weighted by Gasteiger charge is 2.21. The second-order valence-electron chi connectivity index (χ2n) is 8.30. The Kier molecular flexibility index (Phi) is 7.57. The van der Waals surface area contributed by atoms with Crippen molar-refractivity contribution in [3.63, 3.8) is 0 Å². The van der Waals surface area contributed by atoms with Gasteiger partial charge in [0, 0.05) is 45.6 Å². The van der Waals surface area contributed by atoms with E-state index in [1.807, 2.05) is 24.6 Å². The molecule has 0 bridgehead atoms. The second-order valence-corrected chi connectivity index (χ2v) is 10.3. The predicted octanol–water partition coefficient (Wildman–Crippen LogP) is 2.27. The van der Waals surface area contributed by atoms with Crippen LogP contribution in [0, 0.1) is 6.92 Å². The van der Waals surface area contributed by atoms with Crippen LogP contribution < -0.4 is 5.32 Å². The highest BCUT2D eigenvalue weighted by molar-refractivity contribution is 7.89. The summed E-state index contributed by atoms with van der Waals surface area (Å²) in [5.74, 6) is 1.32. The van der Waals surface area contributed by atoms with Crippen molar-refractivity contribution in [2.75, 3.05) is 51.8 Å². The molecule has 0 amide bonds. The predicted molar refractivity (Wildman–Crippen MR) is 130 cm³/mol. The Morgan fingerprint density at radius 3 is 2.53 bits per heavy atom. The van der Waals surface area contributed by atoms with Crippen LogP contribution in [0.5, 0.6) is 0 Å². The number of imidazole rings is 1. The van der Waals surface area contributed by atoms with Crippen molar-refractivity contribution in [2.45, 2.75) is 18.2 Å². The van der Waals surface area contributed by atoms with E-state index in [-0.39, 0.29) is 4.90 Å². The fourth-order valence-electron chi connectivity index (χ4n) is 3.78. The van der Waals surface area contributed by atoms with Crippen molar-refractivity contribution in [2.24, 2.45) is 7.05 Å². The van der Waals surface area contributed by atoms with Gasteiger partial charge in [0.15, 0.2) is 0 Å². The Hall–Kier alpha value is -2.86. The summed E-state index contributed by atoms with van der Waals surface area (Å²) < 4.78 is 34.6. The first kappa shape index (κ1) is 24.3. The van der Waals surface area contributed by atoms with Gasteiger partial charge in [-0.15, -0.1) is 0 Å². The molecule has 0 aliphatic carbocycles. The van der Waals surface area contributed by atoms with E-state index >= 15 is 0 Å². The summed E-state index contributed by atoms with van der Waals surface area (Å²) in [5, 5.41) is 3.14. The van der Waals surface area contributed by atoms with Gasteiger partial charge in [0.2, 0.25) is 16.0 Å². The molecule has 3 aromatic rings. The lowest BCUT2D eigenvalue weighted by molar-refractivity contribution is 0.0370. The average Bonchev–Trinajstić information content (AvgIpc) is 3.18. The Bertz CT molecular complexity index is 1210. The van der Waals surface area contributed by atoms with Gasteiger partial charge in [0.05, 0.1) is 35.7 Å². The number of morpholine rings is 1. The number of benzene rings is 1. The van der Waals surface area contributed by atoms with Crippen molar-refractivity contribution >= 4 is 21.7 Å². The number of rotatable bonds is 9. The molecule has 0 radical (unpaired) electrons. The Balaban J connectivity index is 1.37. The average molecular weight is 486 g/mol. The third-order valence-electron chi connectivity index (χ3n) is 6.01. The molecule has 3 heterocycles. The van der Waals surface area contributed by atoms with E-state index < -0.39 is 10.0 Å². The molecule has 10 nitrogen and oxygen atoms in total. The molecule has 1 N–H and O–H groups in total. The summed E-state index contributed by atoms with van der Waals surface area (Å²) in [7, 11) is 0.00613. The van der Waals surface area contributed by atoms with Crippen molar-refractivity contribution in [1.82, 2.24) is 28.7 Å². The number of nitrogens with zero attached hydrogens (tertiary/aromatic N) is 6. The molecule has 0 saturated carbocycles. The largest absolute Gasteiger partial charge is 0.379 e. The Labute approximate surface area is 200 Å². The fraction of sp³-hybridized carbons (Fsp3) is 0.435. The quantitative estimate of drug-likeness (QED) is 0.492. The zero-order valence-electron chi connectivity index (χ0n) is 19.8. The van der Waals surface area contributed by atoms with Gasteiger partial charge in [-0.1, -0.05) is 0 Å². The summed E-state index contributed by atoms with van der Waals surface area (Å²) >= 11 is 0. The Morgan fingerprint density at radius 1 is 1.12 bits per heavy atom. The minimum Gasteiger partial charge on any atom is -0.379 e. The van der Waals surface area contributed by atoms with Crippen molar-refractivity contribution in [1.29, 1.82) is 0 Å². The molecule has 0 spiro atoms. The lowest BCUT2D eigenvalue weighted by Crippen LogP contribution is -2.38. The van der Waals surface area contributed by atoms with Crippen molar-refractivity contribution in [3.8, 4) is 11.4 Å². The van der Waals surface area contributed by atoms with E-state index in [1.54, 1.807) is 43.7 Å². The van der Waals surface area contributed by atoms with Crippen LogP contribution in [0.3, 0.4) is 0 Å². The number of ether oxygens (including phenoxy) is 1. The van der Waals surface area contributed by atoms with Gasteiger partial charge in [0.1, 0.15) is 5.82 Å². The highest BCUT2D eigenvalue weighted by atomic mass is 32.2. The molecular formula is C23H31N7O3S. The topological polar surface area (TPSA) is 105 Å². The molecule has 11 heteroatoms. The third kappa shape index (κ3) is 5.61. The number of hydrogen-bond donors (Lipinski definition) is 1. The van der Waals surface area contributed by atoms with Crippen molar-refractivity contribution < 1.29 is 13.2 Å². The third-order valence-corrected chi connectivity index (χ3v) is 7.88. The van der Waals surface area contributed by atoms with Gasteiger partial charge in [-0.05, 0) is 50.2 Å². The van der Waals surface area contributed by atoms with Gasteiger partial charge in [-0.25, -0.2) is 27.7 Å². The van der Waals surface area contributed by atoms with Crippen LogP contribution in [0.25, 0.3) is 11.4 Å². The van der Waals surface area contributed by atoms with Gasteiger partial charge in [-0.3, -0.25) is 4.90 Å². The molecule has 0 unspecified atom stereocenters. The number of aromatic nitrogens is 4. The lowest BCUT2D eigenvalue weighted by Gasteiger charge is -2.27. The molecule has 34 heavy (non-hydrogen) atoms. The van der Waals surface area contributed by atoms with Gasteiger partial charge >= 0.3 is 0 Å². The number of sulfonamides is 1. The Morgan fingerprint density at radius 2 is 1.85 bits per heavy atom. The standard InChI is InChI=1S/C23H31N7O3S/c1-18-25-17-22(29(18)3)21-9-10-24-23(27-21)26-19-5-7-20(8-6-19)34(31,32)28(2)11-4-12-30-13-15-33-16-14-30/h5-10,17H,4,11-16H2,1-3H3,(H,24,26,27). The molecular weight excluding hydrogens is 454 g/mol. The molecule has 1 fully saturated rings. The second kappa shape index (κ2) is 10.6. The highest BCUT2D eigenvalue weighted by Crippen LogP contribution is 2.22. The summed E-state index contributed by atoms with van der Waals surface area (Å²) in [6.45, 7) is 6.55. The van der Waals surface area contributed by atoms with Gasteiger partial charge in [0.25, 0.3) is 0 Å². The van der Waals surface area contributed by atoms with E-state index in [9.17, 15) is 8.42 Å². The SMILES string of the molecule is Cc1ncc(-c2ccnc(Nc3ccc(S(=O)(=O)N(C)CCCN4CCOCC4)cc3)n2)n1C. The maximum atomic E-state index is 13.0. The summed E-state index contributed by atoms with van der Waals surface area (Å²) in [4.78, 5) is 15.7. The lowest BCUT2D eigenvalue weighted by atomic mass is 10.3. The first-order valence-corrected chi connectivity index (χ1v) is 12.7. The molecule has 1 aromatic carbocycles. The van der Waals surface area contributed by atoms with Crippen LogP contribution in [-0.2, 0) is 21.8 Å². The molecule has 2 aromatic heterocycles. The van der Waals surface area contributed by atoms with Gasteiger partial charge in [-0.2, -0.15) is 0 Å². The van der Waals surface area contributed by atoms with Crippen LogP contribution >= 0.6 is 0 Å². The van der Waals surface area contributed by atoms with Crippen LogP contribution in [0.15, 0.2) is 47.6 Å². The molecule has 1 aliphatic rings. The molecule has 182 valence electrons.